The van der Waals surface area contributed by atoms with Crippen molar-refractivity contribution in [2.45, 2.75) is 19.3 Å². The number of benzene rings is 1. The van der Waals surface area contributed by atoms with Gasteiger partial charge in [0.2, 0.25) is 0 Å². The van der Waals surface area contributed by atoms with Crippen molar-refractivity contribution in [1.82, 2.24) is 0 Å². The highest BCUT2D eigenvalue weighted by molar-refractivity contribution is 5.73. The number of nitrogens with zero attached hydrogens (tertiary/aromatic N) is 1. The minimum Gasteiger partial charge on any atom is -0.493 e. The van der Waals surface area contributed by atoms with E-state index < -0.39 is 5.97 Å². The van der Waals surface area contributed by atoms with Crippen LogP contribution in [0.1, 0.15) is 18.4 Å². The Morgan fingerprint density at radius 2 is 2.37 bits per heavy atom. The first kappa shape index (κ1) is 12.3. The Balaban J connectivity index is 1.67. The minimum atomic E-state index is -0.655. The number of carboxylic acid groups (broad SMARTS) is 1. The Labute approximate surface area is 113 Å². The zero-order chi connectivity index (χ0) is 13.4. The van der Waals surface area contributed by atoms with Gasteiger partial charge < -0.3 is 14.7 Å². The molecule has 2 unspecified atom stereocenters. The smallest absolute Gasteiger partial charge is 0.306 e. The highest BCUT2D eigenvalue weighted by atomic mass is 16.5. The monoisotopic (exact) mass is 261 g/mol. The molecule has 3 rings (SSSR count). The number of rotatable bonds is 4. The van der Waals surface area contributed by atoms with E-state index in [0.717, 1.165) is 43.9 Å². The van der Waals surface area contributed by atoms with Gasteiger partial charge in [0, 0.05) is 19.3 Å². The van der Waals surface area contributed by atoms with Crippen LogP contribution < -0.4 is 9.64 Å². The first-order valence-corrected chi connectivity index (χ1v) is 6.85. The highest BCUT2D eigenvalue weighted by Crippen LogP contribution is 2.40. The molecule has 0 radical (unpaired) electrons. The van der Waals surface area contributed by atoms with E-state index in [9.17, 15) is 4.79 Å². The Hall–Kier alpha value is -1.71. The average molecular weight is 261 g/mol. The lowest BCUT2D eigenvalue weighted by Gasteiger charge is -2.23. The molecule has 19 heavy (non-hydrogen) atoms. The number of hydrogen-bond donors (Lipinski definition) is 1. The van der Waals surface area contributed by atoms with Crippen LogP contribution in [0.2, 0.25) is 0 Å². The summed E-state index contributed by atoms with van der Waals surface area (Å²) in [6.45, 7) is 1.63. The lowest BCUT2D eigenvalue weighted by Crippen LogP contribution is -2.22. The Kier molecular flexibility index (Phi) is 3.09. The molecule has 1 heterocycles. The molecule has 1 aromatic rings. The maximum atomic E-state index is 10.8. The van der Waals surface area contributed by atoms with E-state index in [1.54, 1.807) is 0 Å². The van der Waals surface area contributed by atoms with Crippen molar-refractivity contribution < 1.29 is 14.6 Å². The molecular weight excluding hydrogens is 242 g/mol. The highest BCUT2D eigenvalue weighted by Gasteiger charge is 2.43. The van der Waals surface area contributed by atoms with Gasteiger partial charge in [-0.05, 0) is 48.9 Å². The molecule has 2 aliphatic rings. The number of fused-ring (bicyclic) bond motifs is 1. The zero-order valence-electron chi connectivity index (χ0n) is 11.1. The van der Waals surface area contributed by atoms with Crippen LogP contribution in [0.5, 0.6) is 5.75 Å². The number of carboxylic acids is 1. The molecule has 0 bridgehead atoms. The molecule has 1 aromatic carbocycles. The summed E-state index contributed by atoms with van der Waals surface area (Å²) in [5, 5.41) is 8.93. The third-order valence-electron chi connectivity index (χ3n) is 4.08. The van der Waals surface area contributed by atoms with E-state index >= 15 is 0 Å². The SMILES string of the molecule is CN(CC1CC1C(=O)O)c1ccc2c(c1)CCCO2. The molecule has 4 heteroatoms. The van der Waals surface area contributed by atoms with E-state index in [-0.39, 0.29) is 5.92 Å². The number of carbonyl (C=O) groups is 1. The lowest BCUT2D eigenvalue weighted by atomic mass is 10.1. The van der Waals surface area contributed by atoms with Crippen LogP contribution in [0.3, 0.4) is 0 Å². The topological polar surface area (TPSA) is 49.8 Å². The average Bonchev–Trinajstić information content (AvgIpc) is 3.17. The van der Waals surface area contributed by atoms with Crippen molar-refractivity contribution in [1.29, 1.82) is 0 Å². The largest absolute Gasteiger partial charge is 0.493 e. The van der Waals surface area contributed by atoms with E-state index in [2.05, 4.69) is 17.0 Å². The lowest BCUT2D eigenvalue weighted by molar-refractivity contribution is -0.138. The number of aryl methyl sites for hydroxylation is 1. The third-order valence-corrected chi connectivity index (χ3v) is 4.08. The van der Waals surface area contributed by atoms with Gasteiger partial charge in [-0.2, -0.15) is 0 Å². The van der Waals surface area contributed by atoms with E-state index in [0.29, 0.717) is 5.92 Å². The molecule has 0 amide bonds. The molecule has 1 aliphatic heterocycles. The molecule has 0 spiro atoms. The van der Waals surface area contributed by atoms with Crippen molar-refractivity contribution in [3.63, 3.8) is 0 Å². The van der Waals surface area contributed by atoms with Gasteiger partial charge in [-0.3, -0.25) is 4.79 Å². The molecule has 2 atom stereocenters. The van der Waals surface area contributed by atoms with Crippen molar-refractivity contribution in [2.24, 2.45) is 11.8 Å². The molecule has 4 nitrogen and oxygen atoms in total. The molecule has 1 N–H and O–H groups in total. The fourth-order valence-electron chi connectivity index (χ4n) is 2.79. The summed E-state index contributed by atoms with van der Waals surface area (Å²) in [5.74, 6) is 0.508. The maximum Gasteiger partial charge on any atom is 0.306 e. The molecule has 102 valence electrons. The second-order valence-electron chi connectivity index (χ2n) is 5.57. The van der Waals surface area contributed by atoms with Crippen LogP contribution >= 0.6 is 0 Å². The van der Waals surface area contributed by atoms with Gasteiger partial charge in [0.05, 0.1) is 12.5 Å². The van der Waals surface area contributed by atoms with Gasteiger partial charge >= 0.3 is 5.97 Å². The summed E-state index contributed by atoms with van der Waals surface area (Å²) in [6, 6.07) is 6.26. The normalized spacial score (nSPS) is 24.3. The van der Waals surface area contributed by atoms with Gasteiger partial charge in [0.15, 0.2) is 0 Å². The number of anilines is 1. The van der Waals surface area contributed by atoms with Crippen molar-refractivity contribution in [2.75, 3.05) is 25.1 Å². The molecule has 1 aliphatic carbocycles. The van der Waals surface area contributed by atoms with Crippen LogP contribution in [0.25, 0.3) is 0 Å². The summed E-state index contributed by atoms with van der Waals surface area (Å²) in [5.41, 5.74) is 2.42. The quantitative estimate of drug-likeness (QED) is 0.902. The van der Waals surface area contributed by atoms with Crippen LogP contribution in [0, 0.1) is 11.8 Å². The molecule has 1 saturated carbocycles. The van der Waals surface area contributed by atoms with Gasteiger partial charge in [-0.15, -0.1) is 0 Å². The Morgan fingerprint density at radius 3 is 3.11 bits per heavy atom. The first-order chi connectivity index (χ1) is 9.15. The van der Waals surface area contributed by atoms with Crippen molar-refractivity contribution >= 4 is 11.7 Å². The molecule has 1 fully saturated rings. The fraction of sp³-hybridized carbons (Fsp3) is 0.533. The van der Waals surface area contributed by atoms with E-state index in [1.165, 1.54) is 5.56 Å². The summed E-state index contributed by atoms with van der Waals surface area (Å²) in [6.07, 6.45) is 2.95. The van der Waals surface area contributed by atoms with Crippen molar-refractivity contribution in [3.8, 4) is 5.75 Å². The van der Waals surface area contributed by atoms with E-state index in [4.69, 9.17) is 9.84 Å². The molecule has 0 saturated heterocycles. The Morgan fingerprint density at radius 1 is 1.53 bits per heavy atom. The zero-order valence-corrected chi connectivity index (χ0v) is 11.1. The second-order valence-corrected chi connectivity index (χ2v) is 5.57. The predicted octanol–water partition coefficient (Wildman–Crippen LogP) is 2.17. The van der Waals surface area contributed by atoms with E-state index in [1.807, 2.05) is 13.1 Å². The van der Waals surface area contributed by atoms with Gasteiger partial charge in [-0.1, -0.05) is 0 Å². The summed E-state index contributed by atoms with van der Waals surface area (Å²) >= 11 is 0. The standard InChI is InChI=1S/C15H19NO3/c1-16(9-11-8-13(11)15(17)18)12-4-5-14-10(7-12)3-2-6-19-14/h4-5,7,11,13H,2-3,6,8-9H2,1H3,(H,17,18). The number of hydrogen-bond acceptors (Lipinski definition) is 3. The maximum absolute atomic E-state index is 10.8. The van der Waals surface area contributed by atoms with Crippen LogP contribution in [0.15, 0.2) is 18.2 Å². The van der Waals surface area contributed by atoms with Crippen LogP contribution in [-0.2, 0) is 11.2 Å². The summed E-state index contributed by atoms with van der Waals surface area (Å²) < 4.78 is 5.60. The van der Waals surface area contributed by atoms with Gasteiger partial charge in [0.1, 0.15) is 5.75 Å². The molecule has 0 aromatic heterocycles. The summed E-state index contributed by atoms with van der Waals surface area (Å²) in [7, 11) is 2.03. The van der Waals surface area contributed by atoms with Crippen LogP contribution in [0.4, 0.5) is 5.69 Å². The predicted molar refractivity (Wildman–Crippen MR) is 72.8 cm³/mol. The summed E-state index contributed by atoms with van der Waals surface area (Å²) in [4.78, 5) is 13.0. The van der Waals surface area contributed by atoms with Gasteiger partial charge in [-0.25, -0.2) is 0 Å². The number of aliphatic carboxylic acids is 1. The van der Waals surface area contributed by atoms with Crippen molar-refractivity contribution in [3.05, 3.63) is 23.8 Å². The minimum absolute atomic E-state index is 0.136. The Bertz CT molecular complexity index is 500. The van der Waals surface area contributed by atoms with Gasteiger partial charge in [0.25, 0.3) is 0 Å². The van der Waals surface area contributed by atoms with Crippen LogP contribution in [-0.4, -0.2) is 31.3 Å². The molecular formula is C15H19NO3. The fourth-order valence-corrected chi connectivity index (χ4v) is 2.79. The third kappa shape index (κ3) is 2.53. The number of ether oxygens (including phenoxy) is 1. The first-order valence-electron chi connectivity index (χ1n) is 6.85. The second kappa shape index (κ2) is 4.76.